The summed E-state index contributed by atoms with van der Waals surface area (Å²) in [6.07, 6.45) is 2.17. The third kappa shape index (κ3) is 1.94. The maximum Gasteiger partial charge on any atom is 0.0283 e. The highest BCUT2D eigenvalue weighted by Crippen LogP contribution is 2.19. The molecule has 2 nitrogen and oxygen atoms in total. The van der Waals surface area contributed by atoms with Crippen LogP contribution < -0.4 is 11.5 Å². The summed E-state index contributed by atoms with van der Waals surface area (Å²) in [5.41, 5.74) is 13.0. The standard InChI is InChI=1S/C13H14N2/c14-9-12(15)8-11-6-3-5-10-4-1-2-7-13(10)11/h1-7,9H,8,14-15H2/b12-9+. The number of benzene rings is 2. The molecule has 0 unspecified atom stereocenters. The number of hydrogen-bond donors (Lipinski definition) is 2. The zero-order valence-corrected chi connectivity index (χ0v) is 8.48. The maximum atomic E-state index is 5.73. The Morgan fingerprint density at radius 1 is 1.07 bits per heavy atom. The molecule has 0 spiro atoms. The van der Waals surface area contributed by atoms with Crippen molar-refractivity contribution in [2.75, 3.05) is 0 Å². The molecule has 4 N–H and O–H groups in total. The van der Waals surface area contributed by atoms with Crippen LogP contribution in [0.3, 0.4) is 0 Å². The van der Waals surface area contributed by atoms with E-state index < -0.39 is 0 Å². The molecule has 0 aliphatic heterocycles. The first-order valence-electron chi connectivity index (χ1n) is 4.94. The molecule has 0 amide bonds. The summed E-state index contributed by atoms with van der Waals surface area (Å²) in [5, 5.41) is 2.48. The summed E-state index contributed by atoms with van der Waals surface area (Å²) in [6, 6.07) is 14.5. The Bertz CT molecular complexity index is 495. The highest BCUT2D eigenvalue weighted by atomic mass is 14.6. The Labute approximate surface area is 89.2 Å². The predicted octanol–water partition coefficient (Wildman–Crippen LogP) is 2.14. The van der Waals surface area contributed by atoms with Crippen molar-refractivity contribution in [1.82, 2.24) is 0 Å². The Morgan fingerprint density at radius 3 is 2.60 bits per heavy atom. The van der Waals surface area contributed by atoms with Gasteiger partial charge in [-0.2, -0.15) is 0 Å². The fourth-order valence-electron chi connectivity index (χ4n) is 1.73. The zero-order chi connectivity index (χ0) is 10.7. The van der Waals surface area contributed by atoms with Crippen molar-refractivity contribution in [2.45, 2.75) is 6.42 Å². The van der Waals surface area contributed by atoms with Gasteiger partial charge in [0.15, 0.2) is 0 Å². The SMILES string of the molecule is N/C=C(/N)Cc1cccc2ccccc12. The summed E-state index contributed by atoms with van der Waals surface area (Å²) in [7, 11) is 0. The van der Waals surface area contributed by atoms with Gasteiger partial charge in [0.2, 0.25) is 0 Å². The number of rotatable bonds is 2. The lowest BCUT2D eigenvalue weighted by Crippen LogP contribution is -2.04. The first kappa shape index (κ1) is 9.59. The molecule has 0 fully saturated rings. The van der Waals surface area contributed by atoms with E-state index in [1.165, 1.54) is 22.5 Å². The van der Waals surface area contributed by atoms with E-state index in [9.17, 15) is 0 Å². The van der Waals surface area contributed by atoms with Gasteiger partial charge in [0.05, 0.1) is 0 Å². The fraction of sp³-hybridized carbons (Fsp3) is 0.0769. The summed E-state index contributed by atoms with van der Waals surface area (Å²) < 4.78 is 0. The van der Waals surface area contributed by atoms with Gasteiger partial charge >= 0.3 is 0 Å². The number of nitrogens with two attached hydrogens (primary N) is 2. The summed E-state index contributed by atoms with van der Waals surface area (Å²) in [5.74, 6) is 0. The van der Waals surface area contributed by atoms with Crippen LogP contribution in [0.15, 0.2) is 54.4 Å². The van der Waals surface area contributed by atoms with Gasteiger partial charge in [-0.05, 0) is 16.3 Å². The van der Waals surface area contributed by atoms with Crippen LogP contribution >= 0.6 is 0 Å². The van der Waals surface area contributed by atoms with Gasteiger partial charge in [-0.25, -0.2) is 0 Å². The van der Waals surface area contributed by atoms with Crippen molar-refractivity contribution >= 4 is 10.8 Å². The lowest BCUT2D eigenvalue weighted by Gasteiger charge is -2.06. The smallest absolute Gasteiger partial charge is 0.0283 e. The first-order valence-corrected chi connectivity index (χ1v) is 4.94. The molecule has 0 saturated carbocycles. The van der Waals surface area contributed by atoms with Crippen molar-refractivity contribution in [3.8, 4) is 0 Å². The molecule has 0 aliphatic carbocycles. The molecule has 0 atom stereocenters. The predicted molar refractivity (Wildman–Crippen MR) is 64.1 cm³/mol. The second-order valence-corrected chi connectivity index (χ2v) is 3.56. The molecule has 2 heteroatoms. The first-order chi connectivity index (χ1) is 7.31. The molecule has 0 radical (unpaired) electrons. The van der Waals surface area contributed by atoms with Gasteiger partial charge in [0, 0.05) is 18.3 Å². The summed E-state index contributed by atoms with van der Waals surface area (Å²) >= 11 is 0. The molecule has 0 aliphatic rings. The average molecular weight is 198 g/mol. The van der Waals surface area contributed by atoms with Crippen LogP contribution in [-0.4, -0.2) is 0 Å². The van der Waals surface area contributed by atoms with E-state index in [0.29, 0.717) is 12.1 Å². The van der Waals surface area contributed by atoms with E-state index in [-0.39, 0.29) is 0 Å². The Morgan fingerprint density at radius 2 is 1.80 bits per heavy atom. The van der Waals surface area contributed by atoms with Crippen molar-refractivity contribution in [1.29, 1.82) is 0 Å². The van der Waals surface area contributed by atoms with Crippen molar-refractivity contribution in [2.24, 2.45) is 11.5 Å². The zero-order valence-electron chi connectivity index (χ0n) is 8.48. The van der Waals surface area contributed by atoms with Gasteiger partial charge < -0.3 is 11.5 Å². The molecule has 2 aromatic rings. The van der Waals surface area contributed by atoms with Crippen LogP contribution in [0.1, 0.15) is 5.56 Å². The number of allylic oxidation sites excluding steroid dienone is 1. The molecule has 76 valence electrons. The van der Waals surface area contributed by atoms with E-state index in [1.54, 1.807) is 0 Å². The molecular weight excluding hydrogens is 184 g/mol. The van der Waals surface area contributed by atoms with Crippen LogP contribution in [0.5, 0.6) is 0 Å². The quantitative estimate of drug-likeness (QED) is 0.776. The minimum Gasteiger partial charge on any atom is -0.403 e. The Hall–Kier alpha value is -1.96. The molecule has 15 heavy (non-hydrogen) atoms. The topological polar surface area (TPSA) is 52.0 Å². The van der Waals surface area contributed by atoms with E-state index in [4.69, 9.17) is 11.5 Å². The van der Waals surface area contributed by atoms with E-state index in [2.05, 4.69) is 24.3 Å². The minimum atomic E-state index is 0.700. The highest BCUT2D eigenvalue weighted by molar-refractivity contribution is 5.85. The third-order valence-electron chi connectivity index (χ3n) is 2.49. The second-order valence-electron chi connectivity index (χ2n) is 3.56. The average Bonchev–Trinajstić information content (AvgIpc) is 2.29. The van der Waals surface area contributed by atoms with Crippen LogP contribution in [0.2, 0.25) is 0 Å². The Kier molecular flexibility index (Phi) is 2.59. The van der Waals surface area contributed by atoms with Gasteiger partial charge in [-0.15, -0.1) is 0 Å². The minimum absolute atomic E-state index is 0.700. The van der Waals surface area contributed by atoms with Crippen LogP contribution in [-0.2, 0) is 6.42 Å². The van der Waals surface area contributed by atoms with Gasteiger partial charge in [0.1, 0.15) is 0 Å². The number of fused-ring (bicyclic) bond motifs is 1. The van der Waals surface area contributed by atoms with Gasteiger partial charge in [-0.1, -0.05) is 42.5 Å². The third-order valence-corrected chi connectivity index (χ3v) is 2.49. The molecule has 2 aromatic carbocycles. The molecular formula is C13H14N2. The lowest BCUT2D eigenvalue weighted by molar-refractivity contribution is 1.11. The monoisotopic (exact) mass is 198 g/mol. The molecule has 0 saturated heterocycles. The van der Waals surface area contributed by atoms with Gasteiger partial charge in [0.25, 0.3) is 0 Å². The molecule has 0 aromatic heterocycles. The molecule has 0 bridgehead atoms. The normalized spacial score (nSPS) is 11.9. The van der Waals surface area contributed by atoms with Gasteiger partial charge in [-0.3, -0.25) is 0 Å². The van der Waals surface area contributed by atoms with E-state index in [1.807, 2.05) is 18.2 Å². The Balaban J connectivity index is 2.51. The van der Waals surface area contributed by atoms with Crippen molar-refractivity contribution < 1.29 is 0 Å². The lowest BCUT2D eigenvalue weighted by atomic mass is 10.0. The van der Waals surface area contributed by atoms with Crippen LogP contribution in [0.4, 0.5) is 0 Å². The van der Waals surface area contributed by atoms with Crippen LogP contribution in [0, 0.1) is 0 Å². The molecule has 0 heterocycles. The fourth-order valence-corrected chi connectivity index (χ4v) is 1.73. The maximum absolute atomic E-state index is 5.73. The summed E-state index contributed by atoms with van der Waals surface area (Å²) in [4.78, 5) is 0. The van der Waals surface area contributed by atoms with E-state index >= 15 is 0 Å². The highest BCUT2D eigenvalue weighted by Gasteiger charge is 2.00. The second kappa shape index (κ2) is 4.05. The summed E-state index contributed by atoms with van der Waals surface area (Å²) in [6.45, 7) is 0. The van der Waals surface area contributed by atoms with Crippen LogP contribution in [0.25, 0.3) is 10.8 Å². The largest absolute Gasteiger partial charge is 0.403 e. The van der Waals surface area contributed by atoms with Crippen molar-refractivity contribution in [3.63, 3.8) is 0 Å². The molecule has 2 rings (SSSR count). The number of hydrogen-bond acceptors (Lipinski definition) is 2. The van der Waals surface area contributed by atoms with Crippen molar-refractivity contribution in [3.05, 3.63) is 59.9 Å². The van der Waals surface area contributed by atoms with E-state index in [0.717, 1.165) is 0 Å².